The van der Waals surface area contributed by atoms with Crippen LogP contribution in [0.25, 0.3) is 0 Å². The van der Waals surface area contributed by atoms with Crippen LogP contribution < -0.4 is 9.64 Å². The normalized spacial score (nSPS) is 20.5. The van der Waals surface area contributed by atoms with E-state index in [0.717, 1.165) is 11.3 Å². The molecule has 0 fully saturated rings. The molecule has 2 aromatic rings. The van der Waals surface area contributed by atoms with Crippen molar-refractivity contribution in [1.82, 2.24) is 9.21 Å². The fraction of sp³-hybridized carbons (Fsp3) is 0.522. The number of benzene rings is 1. The zero-order valence-electron chi connectivity index (χ0n) is 19.8. The first-order valence-electron chi connectivity index (χ1n) is 10.9. The lowest BCUT2D eigenvalue weighted by Crippen LogP contribution is -2.48. The minimum Gasteiger partial charge on any atom is -0.488 e. The predicted octanol–water partition coefficient (Wildman–Crippen LogP) is 2.28. The zero-order valence-corrected chi connectivity index (χ0v) is 21.4. The van der Waals surface area contributed by atoms with Crippen molar-refractivity contribution >= 4 is 33.0 Å². The lowest BCUT2D eigenvalue weighted by molar-refractivity contribution is -0.134. The number of ether oxygens (including phenoxy) is 1. The number of rotatable bonds is 7. The minimum atomic E-state index is -3.64. The molecule has 1 aliphatic rings. The van der Waals surface area contributed by atoms with Crippen LogP contribution in [0.2, 0.25) is 0 Å². The Hall–Kier alpha value is -2.14. The van der Waals surface area contributed by atoms with E-state index in [-0.39, 0.29) is 41.6 Å². The summed E-state index contributed by atoms with van der Waals surface area (Å²) in [5, 5.41) is 11.5. The van der Waals surface area contributed by atoms with E-state index in [2.05, 4.69) is 0 Å². The van der Waals surface area contributed by atoms with E-state index in [1.807, 2.05) is 51.0 Å². The highest BCUT2D eigenvalue weighted by atomic mass is 32.2. The highest BCUT2D eigenvalue weighted by molar-refractivity contribution is 7.91. The van der Waals surface area contributed by atoms with Gasteiger partial charge in [-0.25, -0.2) is 8.42 Å². The first-order valence-corrected chi connectivity index (χ1v) is 13.2. The SMILES string of the molecule is C[C@@H]1CN([C@@H](C)CO)C(=O)Cc2cc(N(C)C)ccc2O[C@@H]1CN(C)S(=O)(=O)c1cccs1. The van der Waals surface area contributed by atoms with Crippen LogP contribution in [0.15, 0.2) is 39.9 Å². The number of carbonyl (C=O) groups is 1. The minimum absolute atomic E-state index is 0.0932. The van der Waals surface area contributed by atoms with Gasteiger partial charge in [-0.05, 0) is 36.6 Å². The fourth-order valence-corrected chi connectivity index (χ4v) is 6.21. The molecule has 0 spiro atoms. The Morgan fingerprint density at radius 2 is 2.00 bits per heavy atom. The highest BCUT2D eigenvalue weighted by Crippen LogP contribution is 2.30. The van der Waals surface area contributed by atoms with Crippen molar-refractivity contribution < 1.29 is 23.1 Å². The van der Waals surface area contributed by atoms with Crippen molar-refractivity contribution in [3.8, 4) is 5.75 Å². The first kappa shape index (κ1) is 25.5. The number of nitrogens with zero attached hydrogens (tertiary/aromatic N) is 3. The molecule has 0 saturated carbocycles. The van der Waals surface area contributed by atoms with Crippen LogP contribution >= 0.6 is 11.3 Å². The Balaban J connectivity index is 1.98. The van der Waals surface area contributed by atoms with E-state index >= 15 is 0 Å². The van der Waals surface area contributed by atoms with Crippen LogP contribution in [0.4, 0.5) is 5.69 Å². The number of thiophene rings is 1. The average molecular weight is 496 g/mol. The molecule has 0 aliphatic carbocycles. The van der Waals surface area contributed by atoms with E-state index < -0.39 is 16.1 Å². The maximum absolute atomic E-state index is 13.2. The van der Waals surface area contributed by atoms with Crippen molar-refractivity contribution in [2.45, 2.75) is 36.6 Å². The second-order valence-electron chi connectivity index (χ2n) is 8.79. The maximum Gasteiger partial charge on any atom is 0.252 e. The van der Waals surface area contributed by atoms with Gasteiger partial charge in [0.1, 0.15) is 16.1 Å². The quantitative estimate of drug-likeness (QED) is 0.634. The van der Waals surface area contributed by atoms with Crippen LogP contribution in [-0.4, -0.2) is 81.6 Å². The number of hydrogen-bond acceptors (Lipinski definition) is 7. The molecule has 0 saturated heterocycles. The van der Waals surface area contributed by atoms with Gasteiger partial charge in [0.15, 0.2) is 0 Å². The summed E-state index contributed by atoms with van der Waals surface area (Å²) in [5.74, 6) is 0.305. The van der Waals surface area contributed by atoms with E-state index in [1.54, 1.807) is 29.5 Å². The molecule has 0 bridgehead atoms. The van der Waals surface area contributed by atoms with E-state index in [9.17, 15) is 18.3 Å². The first-order chi connectivity index (χ1) is 15.5. The predicted molar refractivity (Wildman–Crippen MR) is 130 cm³/mol. The zero-order chi connectivity index (χ0) is 24.3. The molecular weight excluding hydrogens is 462 g/mol. The fourth-order valence-electron chi connectivity index (χ4n) is 3.83. The van der Waals surface area contributed by atoms with Crippen molar-refractivity contribution in [2.24, 2.45) is 5.92 Å². The lowest BCUT2D eigenvalue weighted by Gasteiger charge is -2.33. The standard InChI is InChI=1S/C23H33N3O5S2/c1-16-13-26(17(2)15-27)22(28)12-18-11-19(24(3)4)8-9-20(18)31-21(16)14-25(5)33(29,30)23-7-6-10-32-23/h6-11,16-17,21,27H,12-15H2,1-5H3/t16-,17+,21-/m1/s1. The molecule has 1 aliphatic heterocycles. The van der Waals surface area contributed by atoms with Crippen molar-refractivity contribution in [3.63, 3.8) is 0 Å². The smallest absolute Gasteiger partial charge is 0.252 e. The van der Waals surface area contributed by atoms with Gasteiger partial charge >= 0.3 is 0 Å². The van der Waals surface area contributed by atoms with Gasteiger partial charge in [-0.15, -0.1) is 11.3 Å². The van der Waals surface area contributed by atoms with E-state index in [1.165, 1.54) is 15.6 Å². The van der Waals surface area contributed by atoms with Gasteiger partial charge in [0.2, 0.25) is 5.91 Å². The van der Waals surface area contributed by atoms with Crippen LogP contribution in [0.1, 0.15) is 19.4 Å². The Kier molecular flexibility index (Phi) is 8.04. The Bertz CT molecular complexity index is 1060. The molecular formula is C23H33N3O5S2. The van der Waals surface area contributed by atoms with Gasteiger partial charge in [0, 0.05) is 44.9 Å². The summed E-state index contributed by atoms with van der Waals surface area (Å²) >= 11 is 1.18. The van der Waals surface area contributed by atoms with E-state index in [4.69, 9.17) is 4.74 Å². The molecule has 8 nitrogen and oxygen atoms in total. The lowest BCUT2D eigenvalue weighted by atomic mass is 10.0. The van der Waals surface area contributed by atoms with Crippen LogP contribution in [0.5, 0.6) is 5.75 Å². The Labute approximate surface area is 200 Å². The second kappa shape index (κ2) is 10.4. The van der Waals surface area contributed by atoms with Gasteiger partial charge in [-0.2, -0.15) is 4.31 Å². The molecule has 33 heavy (non-hydrogen) atoms. The average Bonchev–Trinajstić information content (AvgIpc) is 3.33. The van der Waals surface area contributed by atoms with Gasteiger partial charge < -0.3 is 19.6 Å². The molecule has 3 atom stereocenters. The summed E-state index contributed by atoms with van der Waals surface area (Å²) in [6.45, 7) is 4.09. The van der Waals surface area contributed by atoms with Crippen molar-refractivity contribution in [2.75, 3.05) is 45.7 Å². The monoisotopic (exact) mass is 495 g/mol. The largest absolute Gasteiger partial charge is 0.488 e. The van der Waals surface area contributed by atoms with E-state index in [0.29, 0.717) is 12.3 Å². The molecule has 10 heteroatoms. The topological polar surface area (TPSA) is 90.4 Å². The number of anilines is 1. The Morgan fingerprint density at radius 3 is 2.61 bits per heavy atom. The number of fused-ring (bicyclic) bond motifs is 1. The summed E-state index contributed by atoms with van der Waals surface area (Å²) in [6, 6.07) is 8.63. The van der Waals surface area contributed by atoms with Crippen LogP contribution in [0.3, 0.4) is 0 Å². The molecule has 0 unspecified atom stereocenters. The van der Waals surface area contributed by atoms with Crippen molar-refractivity contribution in [3.05, 3.63) is 41.3 Å². The summed E-state index contributed by atoms with van der Waals surface area (Å²) < 4.78 is 34.0. The third-order valence-electron chi connectivity index (χ3n) is 6.01. The third-order valence-corrected chi connectivity index (χ3v) is 9.21. The summed E-state index contributed by atoms with van der Waals surface area (Å²) in [5.41, 5.74) is 1.68. The summed E-state index contributed by atoms with van der Waals surface area (Å²) in [7, 11) is 1.76. The Morgan fingerprint density at radius 1 is 1.27 bits per heavy atom. The van der Waals surface area contributed by atoms with Gasteiger partial charge in [-0.3, -0.25) is 4.79 Å². The number of likely N-dealkylation sites (N-methyl/N-ethyl adjacent to an activating group) is 1. The number of sulfonamides is 1. The third kappa shape index (κ3) is 5.68. The van der Waals surface area contributed by atoms with Crippen molar-refractivity contribution in [1.29, 1.82) is 0 Å². The molecule has 1 amide bonds. The number of aliphatic hydroxyl groups is 1. The van der Waals surface area contributed by atoms with Crippen LogP contribution in [-0.2, 0) is 21.2 Å². The molecule has 182 valence electrons. The van der Waals surface area contributed by atoms with Crippen LogP contribution in [0, 0.1) is 5.92 Å². The second-order valence-corrected chi connectivity index (χ2v) is 12.0. The number of amides is 1. The summed E-state index contributed by atoms with van der Waals surface area (Å²) in [4.78, 5) is 16.8. The van der Waals surface area contributed by atoms with Gasteiger partial charge in [-0.1, -0.05) is 13.0 Å². The van der Waals surface area contributed by atoms with Gasteiger partial charge in [0.05, 0.1) is 25.6 Å². The molecule has 3 rings (SSSR count). The molecule has 1 aromatic carbocycles. The highest BCUT2D eigenvalue weighted by Gasteiger charge is 2.33. The number of carbonyl (C=O) groups excluding carboxylic acids is 1. The maximum atomic E-state index is 13.2. The molecule has 1 N–H and O–H groups in total. The molecule has 2 heterocycles. The number of aliphatic hydroxyl groups excluding tert-OH is 1. The summed E-state index contributed by atoms with van der Waals surface area (Å²) in [6.07, 6.45) is -0.350. The molecule has 1 aromatic heterocycles. The number of hydrogen-bond donors (Lipinski definition) is 1. The van der Waals surface area contributed by atoms with Gasteiger partial charge in [0.25, 0.3) is 10.0 Å². The molecule has 0 radical (unpaired) electrons.